The largest absolute Gasteiger partial charge is 0.481 e. The zero-order chi connectivity index (χ0) is 10.7. The van der Waals surface area contributed by atoms with Crippen LogP contribution in [0.3, 0.4) is 0 Å². The van der Waals surface area contributed by atoms with Gasteiger partial charge in [0.25, 0.3) is 0 Å². The number of esters is 2. The molecule has 0 bridgehead atoms. The topological polar surface area (TPSA) is 80.7 Å². The third-order valence-corrected chi connectivity index (χ3v) is 1.98. The summed E-state index contributed by atoms with van der Waals surface area (Å²) in [6.07, 6.45) is 0.282. The molecule has 0 unspecified atom stereocenters. The Labute approximate surface area is 80.4 Å². The minimum Gasteiger partial charge on any atom is -0.481 e. The lowest BCUT2D eigenvalue weighted by atomic mass is 10.0. The van der Waals surface area contributed by atoms with Crippen molar-refractivity contribution in [2.75, 3.05) is 0 Å². The van der Waals surface area contributed by atoms with Crippen LogP contribution in [0, 0.1) is 0 Å². The molecule has 1 N–H and O–H groups in total. The van der Waals surface area contributed by atoms with Crippen LogP contribution in [0.15, 0.2) is 11.1 Å². The molecule has 0 aromatic carbocycles. The molecular weight excluding hydrogens is 188 g/mol. The third-order valence-electron chi connectivity index (χ3n) is 1.98. The number of carbonyl (C=O) groups excluding carboxylic acids is 2. The number of cyclic esters (lactones) is 2. The Kier molecular flexibility index (Phi) is 3.01. The Bertz CT molecular complexity index is 326. The van der Waals surface area contributed by atoms with E-state index < -0.39 is 17.9 Å². The van der Waals surface area contributed by atoms with E-state index in [1.807, 2.05) is 0 Å². The molecular formula is C9H10O5. The van der Waals surface area contributed by atoms with Crippen molar-refractivity contribution in [2.24, 2.45) is 0 Å². The number of carboxylic acid groups (broad SMARTS) is 1. The summed E-state index contributed by atoms with van der Waals surface area (Å²) >= 11 is 0. The first-order valence-electron chi connectivity index (χ1n) is 4.26. The quantitative estimate of drug-likeness (QED) is 0.529. The van der Waals surface area contributed by atoms with Gasteiger partial charge in [0, 0.05) is 17.6 Å². The zero-order valence-corrected chi connectivity index (χ0v) is 7.70. The van der Waals surface area contributed by atoms with Crippen LogP contribution in [0.1, 0.15) is 26.2 Å². The van der Waals surface area contributed by atoms with Gasteiger partial charge in [-0.05, 0) is 12.8 Å². The highest BCUT2D eigenvalue weighted by Gasteiger charge is 2.31. The predicted molar refractivity (Wildman–Crippen MR) is 45.3 cm³/mol. The minimum absolute atomic E-state index is 0.0586. The van der Waals surface area contributed by atoms with Crippen molar-refractivity contribution in [3.63, 3.8) is 0 Å². The molecule has 0 atom stereocenters. The van der Waals surface area contributed by atoms with E-state index >= 15 is 0 Å². The van der Waals surface area contributed by atoms with Gasteiger partial charge in [-0.1, -0.05) is 6.92 Å². The van der Waals surface area contributed by atoms with E-state index in [4.69, 9.17) is 5.11 Å². The Balaban J connectivity index is 2.80. The molecule has 0 aromatic rings. The van der Waals surface area contributed by atoms with E-state index in [1.165, 1.54) is 0 Å². The van der Waals surface area contributed by atoms with Crippen molar-refractivity contribution >= 4 is 17.9 Å². The number of carbonyl (C=O) groups is 3. The average Bonchev–Trinajstić information content (AvgIpc) is 2.36. The monoisotopic (exact) mass is 198 g/mol. The second kappa shape index (κ2) is 4.04. The molecule has 0 spiro atoms. The van der Waals surface area contributed by atoms with Gasteiger partial charge in [-0.3, -0.25) is 4.79 Å². The number of hydrogen-bond donors (Lipinski definition) is 1. The average molecular weight is 198 g/mol. The molecule has 1 aliphatic heterocycles. The number of carboxylic acids is 1. The van der Waals surface area contributed by atoms with E-state index in [-0.39, 0.29) is 18.4 Å². The molecule has 5 nitrogen and oxygen atoms in total. The summed E-state index contributed by atoms with van der Waals surface area (Å²) in [4.78, 5) is 32.4. The van der Waals surface area contributed by atoms with Crippen LogP contribution in [0.5, 0.6) is 0 Å². The Hall–Kier alpha value is -1.65. The van der Waals surface area contributed by atoms with Crippen molar-refractivity contribution in [3.05, 3.63) is 11.1 Å². The minimum atomic E-state index is -1.000. The Morgan fingerprint density at radius 3 is 2.36 bits per heavy atom. The molecule has 1 heterocycles. The maximum absolute atomic E-state index is 11.1. The van der Waals surface area contributed by atoms with Crippen LogP contribution >= 0.6 is 0 Å². The van der Waals surface area contributed by atoms with Gasteiger partial charge < -0.3 is 9.84 Å². The number of hydrogen-bond acceptors (Lipinski definition) is 4. The van der Waals surface area contributed by atoms with Crippen LogP contribution in [0.2, 0.25) is 0 Å². The van der Waals surface area contributed by atoms with E-state index in [1.54, 1.807) is 6.92 Å². The van der Waals surface area contributed by atoms with Crippen LogP contribution in [0.4, 0.5) is 0 Å². The van der Waals surface area contributed by atoms with Crippen molar-refractivity contribution < 1.29 is 24.2 Å². The fourth-order valence-electron chi connectivity index (χ4n) is 1.30. The van der Waals surface area contributed by atoms with Crippen LogP contribution in [-0.4, -0.2) is 23.0 Å². The summed E-state index contributed by atoms with van der Waals surface area (Å²) in [5.74, 6) is -2.34. The van der Waals surface area contributed by atoms with Gasteiger partial charge in [0.05, 0.1) is 0 Å². The maximum Gasteiger partial charge on any atom is 0.342 e. The first kappa shape index (κ1) is 10.4. The third kappa shape index (κ3) is 1.99. The standard InChI is InChI=1S/C9H10O5/c1-2-5-6(3-4-7(10)11)9(13)14-8(5)12/h2-4H2,1H3,(H,10,11). The lowest BCUT2D eigenvalue weighted by Crippen LogP contribution is -2.03. The second-order valence-corrected chi connectivity index (χ2v) is 2.88. The molecule has 1 aliphatic rings. The van der Waals surface area contributed by atoms with Crippen molar-refractivity contribution in [2.45, 2.75) is 26.2 Å². The number of ether oxygens (including phenoxy) is 1. The maximum atomic E-state index is 11.1. The summed E-state index contributed by atoms with van der Waals surface area (Å²) in [5, 5.41) is 8.43. The SMILES string of the molecule is CCC1=C(CCC(=O)O)C(=O)OC1=O. The smallest absolute Gasteiger partial charge is 0.342 e. The van der Waals surface area contributed by atoms with E-state index in [0.717, 1.165) is 0 Å². The predicted octanol–water partition coefficient (Wildman–Crippen LogP) is 0.641. The van der Waals surface area contributed by atoms with Gasteiger partial charge in [-0.2, -0.15) is 0 Å². The lowest BCUT2D eigenvalue weighted by Gasteiger charge is -1.96. The summed E-state index contributed by atoms with van der Waals surface area (Å²) in [6, 6.07) is 0. The van der Waals surface area contributed by atoms with Crippen molar-refractivity contribution in [1.29, 1.82) is 0 Å². The highest BCUT2D eigenvalue weighted by molar-refractivity contribution is 6.12. The fourth-order valence-corrected chi connectivity index (χ4v) is 1.30. The number of rotatable bonds is 4. The van der Waals surface area contributed by atoms with Crippen LogP contribution in [-0.2, 0) is 19.1 Å². The number of aliphatic carboxylic acids is 1. The molecule has 5 heteroatoms. The first-order chi connectivity index (χ1) is 6.56. The molecule has 0 aliphatic carbocycles. The molecule has 1 rings (SSSR count). The molecule has 0 aromatic heterocycles. The van der Waals surface area contributed by atoms with Gasteiger partial charge in [-0.15, -0.1) is 0 Å². The van der Waals surface area contributed by atoms with Gasteiger partial charge in [0.1, 0.15) is 0 Å². The second-order valence-electron chi connectivity index (χ2n) is 2.88. The Morgan fingerprint density at radius 2 is 1.86 bits per heavy atom. The molecule has 76 valence electrons. The van der Waals surface area contributed by atoms with E-state index in [9.17, 15) is 14.4 Å². The Morgan fingerprint density at radius 1 is 1.29 bits per heavy atom. The molecule has 0 saturated carbocycles. The molecule has 0 fully saturated rings. The van der Waals surface area contributed by atoms with Gasteiger partial charge in [-0.25, -0.2) is 9.59 Å². The van der Waals surface area contributed by atoms with Gasteiger partial charge in [0.15, 0.2) is 0 Å². The van der Waals surface area contributed by atoms with Gasteiger partial charge in [0.2, 0.25) is 0 Å². The molecule has 14 heavy (non-hydrogen) atoms. The van der Waals surface area contributed by atoms with Crippen LogP contribution < -0.4 is 0 Å². The first-order valence-corrected chi connectivity index (χ1v) is 4.26. The summed E-state index contributed by atoms with van der Waals surface area (Å²) < 4.78 is 4.36. The normalized spacial score (nSPS) is 16.1. The molecule has 0 saturated heterocycles. The fraction of sp³-hybridized carbons (Fsp3) is 0.444. The van der Waals surface area contributed by atoms with Crippen LogP contribution in [0.25, 0.3) is 0 Å². The summed E-state index contributed by atoms with van der Waals surface area (Å²) in [7, 11) is 0. The highest BCUT2D eigenvalue weighted by Crippen LogP contribution is 2.23. The van der Waals surface area contributed by atoms with Crippen molar-refractivity contribution in [3.8, 4) is 0 Å². The summed E-state index contributed by atoms with van der Waals surface area (Å²) in [6.45, 7) is 1.72. The zero-order valence-electron chi connectivity index (χ0n) is 7.70. The molecule has 0 radical (unpaired) electrons. The highest BCUT2D eigenvalue weighted by atomic mass is 16.6. The van der Waals surface area contributed by atoms with Crippen molar-refractivity contribution in [1.82, 2.24) is 0 Å². The van der Waals surface area contributed by atoms with E-state index in [0.29, 0.717) is 12.0 Å². The summed E-state index contributed by atoms with van der Waals surface area (Å²) in [5.41, 5.74) is 0.510. The van der Waals surface area contributed by atoms with E-state index in [2.05, 4.69) is 4.74 Å². The molecule has 0 amide bonds. The lowest BCUT2D eigenvalue weighted by molar-refractivity contribution is -0.151. The van der Waals surface area contributed by atoms with Gasteiger partial charge >= 0.3 is 17.9 Å².